The van der Waals surface area contributed by atoms with Gasteiger partial charge in [-0.3, -0.25) is 9.00 Å². The van der Waals surface area contributed by atoms with Crippen molar-refractivity contribution in [3.63, 3.8) is 0 Å². The second-order valence-corrected chi connectivity index (χ2v) is 7.73. The summed E-state index contributed by atoms with van der Waals surface area (Å²) in [6.07, 6.45) is 4.70. The van der Waals surface area contributed by atoms with E-state index >= 15 is 0 Å². The first kappa shape index (κ1) is 16.3. The van der Waals surface area contributed by atoms with Crippen molar-refractivity contribution >= 4 is 22.8 Å². The van der Waals surface area contributed by atoms with Crippen LogP contribution < -0.4 is 10.6 Å². The lowest BCUT2D eigenvalue weighted by molar-refractivity contribution is -0.143. The van der Waals surface area contributed by atoms with Crippen molar-refractivity contribution < 1.29 is 18.9 Å². The van der Waals surface area contributed by atoms with Crippen LogP contribution >= 0.6 is 0 Å². The van der Waals surface area contributed by atoms with Crippen LogP contribution in [0.15, 0.2) is 0 Å². The summed E-state index contributed by atoms with van der Waals surface area (Å²) in [5.74, 6) is 0.811. The van der Waals surface area contributed by atoms with Gasteiger partial charge in [-0.15, -0.1) is 0 Å². The van der Waals surface area contributed by atoms with E-state index in [4.69, 9.17) is 5.11 Å². The fraction of sp³-hybridized carbons (Fsp3) is 0.857. The third kappa shape index (κ3) is 5.30. The molecule has 21 heavy (non-hydrogen) atoms. The van der Waals surface area contributed by atoms with Crippen LogP contribution in [0.25, 0.3) is 0 Å². The van der Waals surface area contributed by atoms with Crippen molar-refractivity contribution in [2.75, 3.05) is 18.1 Å². The molecular formula is C14H24N2O4S. The summed E-state index contributed by atoms with van der Waals surface area (Å²) < 4.78 is 11.2. The van der Waals surface area contributed by atoms with Gasteiger partial charge in [0.15, 0.2) is 0 Å². The first-order valence-electron chi connectivity index (χ1n) is 7.66. The van der Waals surface area contributed by atoms with Gasteiger partial charge < -0.3 is 15.7 Å². The van der Waals surface area contributed by atoms with Gasteiger partial charge in [0.2, 0.25) is 0 Å². The molecule has 2 fully saturated rings. The molecule has 2 amide bonds. The molecule has 2 aliphatic rings. The van der Waals surface area contributed by atoms with Crippen LogP contribution in [0.4, 0.5) is 4.79 Å². The maximum absolute atomic E-state index is 11.8. The molecule has 0 aromatic rings. The van der Waals surface area contributed by atoms with Gasteiger partial charge in [-0.05, 0) is 44.4 Å². The van der Waals surface area contributed by atoms with Crippen LogP contribution in [-0.4, -0.2) is 45.4 Å². The van der Waals surface area contributed by atoms with Crippen LogP contribution in [0.5, 0.6) is 0 Å². The van der Waals surface area contributed by atoms with Gasteiger partial charge in [0.05, 0.1) is 5.92 Å². The Morgan fingerprint density at radius 2 is 1.67 bits per heavy atom. The van der Waals surface area contributed by atoms with E-state index in [0.29, 0.717) is 36.8 Å². The quantitative estimate of drug-likeness (QED) is 0.723. The van der Waals surface area contributed by atoms with Gasteiger partial charge in [0.25, 0.3) is 0 Å². The van der Waals surface area contributed by atoms with Gasteiger partial charge in [-0.1, -0.05) is 0 Å². The summed E-state index contributed by atoms with van der Waals surface area (Å²) in [7, 11) is -0.710. The molecule has 7 heteroatoms. The molecule has 3 N–H and O–H groups in total. The zero-order valence-electron chi connectivity index (χ0n) is 12.2. The van der Waals surface area contributed by atoms with Gasteiger partial charge >= 0.3 is 12.0 Å². The van der Waals surface area contributed by atoms with Crippen molar-refractivity contribution in [3.8, 4) is 0 Å². The number of hydrogen-bond acceptors (Lipinski definition) is 3. The van der Waals surface area contributed by atoms with Crippen LogP contribution in [0.3, 0.4) is 0 Å². The maximum atomic E-state index is 11.8. The molecule has 1 aliphatic carbocycles. The molecule has 0 unspecified atom stereocenters. The van der Waals surface area contributed by atoms with Crippen molar-refractivity contribution in [3.05, 3.63) is 0 Å². The van der Waals surface area contributed by atoms with E-state index in [1.165, 1.54) is 0 Å². The lowest BCUT2D eigenvalue weighted by Crippen LogP contribution is -2.46. The number of hydrogen-bond donors (Lipinski definition) is 3. The predicted molar refractivity (Wildman–Crippen MR) is 80.5 cm³/mol. The van der Waals surface area contributed by atoms with Gasteiger partial charge in [-0.25, -0.2) is 4.79 Å². The second-order valence-electron chi connectivity index (χ2n) is 6.03. The monoisotopic (exact) mass is 316 g/mol. The molecule has 0 aromatic heterocycles. The fourth-order valence-electron chi connectivity index (χ4n) is 3.03. The summed E-state index contributed by atoms with van der Waals surface area (Å²) in [6.45, 7) is 0.608. The van der Waals surface area contributed by atoms with Crippen molar-refractivity contribution in [1.82, 2.24) is 10.6 Å². The number of carboxylic acids is 1. The Balaban J connectivity index is 1.61. The van der Waals surface area contributed by atoms with E-state index in [-0.39, 0.29) is 18.0 Å². The summed E-state index contributed by atoms with van der Waals surface area (Å²) in [5, 5.41) is 14.8. The molecule has 6 nitrogen and oxygen atoms in total. The molecule has 0 radical (unpaired) electrons. The first-order chi connectivity index (χ1) is 10.0. The highest BCUT2D eigenvalue weighted by molar-refractivity contribution is 7.85. The standard InChI is InChI=1S/C14H24N2O4S/c17-13(18)11-3-1-10(2-4-11)9-15-14(19)16-12-5-7-21(20)8-6-12/h10-12H,1-9H2,(H,17,18)(H2,15,16,19). The molecule has 1 heterocycles. The first-order valence-corrected chi connectivity index (χ1v) is 9.15. The third-order valence-electron chi connectivity index (χ3n) is 4.47. The van der Waals surface area contributed by atoms with Crippen molar-refractivity contribution in [2.24, 2.45) is 11.8 Å². The number of aliphatic carboxylic acids is 1. The number of nitrogens with one attached hydrogen (secondary N) is 2. The Labute approximate surface area is 127 Å². The van der Waals surface area contributed by atoms with Crippen LogP contribution in [0.1, 0.15) is 38.5 Å². The van der Waals surface area contributed by atoms with Gasteiger partial charge in [0.1, 0.15) is 0 Å². The lowest BCUT2D eigenvalue weighted by atomic mass is 9.82. The zero-order chi connectivity index (χ0) is 15.2. The van der Waals surface area contributed by atoms with Crippen LogP contribution in [0, 0.1) is 11.8 Å². The third-order valence-corrected chi connectivity index (χ3v) is 5.85. The minimum Gasteiger partial charge on any atom is -0.481 e. The molecular weight excluding hydrogens is 292 g/mol. The van der Waals surface area contributed by atoms with E-state index in [9.17, 15) is 13.8 Å². The zero-order valence-corrected chi connectivity index (χ0v) is 13.0. The minimum absolute atomic E-state index is 0.130. The van der Waals surface area contributed by atoms with Crippen molar-refractivity contribution in [2.45, 2.75) is 44.6 Å². The molecule has 1 saturated heterocycles. The number of rotatable bonds is 4. The lowest BCUT2D eigenvalue weighted by Gasteiger charge is -2.27. The molecule has 1 aliphatic heterocycles. The van der Waals surface area contributed by atoms with Crippen LogP contribution in [0.2, 0.25) is 0 Å². The Hall–Kier alpha value is -1.11. The fourth-order valence-corrected chi connectivity index (χ4v) is 4.32. The molecule has 1 saturated carbocycles. The summed E-state index contributed by atoms with van der Waals surface area (Å²) in [6, 6.07) is -0.0292. The summed E-state index contributed by atoms with van der Waals surface area (Å²) in [4.78, 5) is 22.7. The molecule has 0 atom stereocenters. The van der Waals surface area contributed by atoms with E-state index < -0.39 is 16.8 Å². The predicted octanol–water partition coefficient (Wildman–Crippen LogP) is 1.09. The number of carbonyl (C=O) groups is 2. The Morgan fingerprint density at radius 3 is 2.24 bits per heavy atom. The molecule has 0 spiro atoms. The van der Waals surface area contributed by atoms with E-state index in [1.54, 1.807) is 0 Å². The highest BCUT2D eigenvalue weighted by Gasteiger charge is 2.26. The van der Waals surface area contributed by atoms with E-state index in [2.05, 4.69) is 10.6 Å². The molecule has 120 valence electrons. The SMILES string of the molecule is O=C(NCC1CCC(C(=O)O)CC1)NC1CCS(=O)CC1. The average Bonchev–Trinajstić information content (AvgIpc) is 2.48. The molecule has 0 aromatic carbocycles. The van der Waals surface area contributed by atoms with E-state index in [0.717, 1.165) is 25.7 Å². The second kappa shape index (κ2) is 7.77. The maximum Gasteiger partial charge on any atom is 0.315 e. The largest absolute Gasteiger partial charge is 0.481 e. The number of carbonyl (C=O) groups excluding carboxylic acids is 1. The highest BCUT2D eigenvalue weighted by atomic mass is 32.2. The number of urea groups is 1. The normalized spacial score (nSPS) is 33.1. The summed E-state index contributed by atoms with van der Waals surface area (Å²) >= 11 is 0. The molecule has 0 bridgehead atoms. The smallest absolute Gasteiger partial charge is 0.315 e. The Bertz CT molecular complexity index is 398. The van der Waals surface area contributed by atoms with Gasteiger partial charge in [-0.2, -0.15) is 0 Å². The Kier molecular flexibility index (Phi) is 6.02. The minimum atomic E-state index is -0.710. The number of amides is 2. The average molecular weight is 316 g/mol. The topological polar surface area (TPSA) is 95.5 Å². The molecule has 2 rings (SSSR count). The van der Waals surface area contributed by atoms with Crippen LogP contribution in [-0.2, 0) is 15.6 Å². The summed E-state index contributed by atoms with van der Waals surface area (Å²) in [5.41, 5.74) is 0. The van der Waals surface area contributed by atoms with Crippen molar-refractivity contribution in [1.29, 1.82) is 0 Å². The van der Waals surface area contributed by atoms with Gasteiger partial charge in [0, 0.05) is 34.9 Å². The van der Waals surface area contributed by atoms with E-state index in [1.807, 2.05) is 0 Å². The Morgan fingerprint density at radius 1 is 1.05 bits per heavy atom. The number of carboxylic acid groups (broad SMARTS) is 1. The highest BCUT2D eigenvalue weighted by Crippen LogP contribution is 2.28.